The number of carbonyl (C=O) groups excluding carboxylic acids is 1. The Balaban J connectivity index is 1.65. The lowest BCUT2D eigenvalue weighted by Crippen LogP contribution is -2.07. The first-order valence-corrected chi connectivity index (χ1v) is 11.0. The van der Waals surface area contributed by atoms with Gasteiger partial charge in [-0.1, -0.05) is 48.5 Å². The average molecular weight is 441 g/mol. The zero-order valence-electron chi connectivity index (χ0n) is 17.1. The molecule has 0 radical (unpaired) electrons. The molecule has 0 fully saturated rings. The van der Waals surface area contributed by atoms with Crippen LogP contribution in [-0.2, 0) is 17.9 Å². The highest BCUT2D eigenvalue weighted by atomic mass is 32.1. The summed E-state index contributed by atoms with van der Waals surface area (Å²) in [5.41, 5.74) is 9.95. The maximum Gasteiger partial charge on any atom is 0.323 e. The summed E-state index contributed by atoms with van der Waals surface area (Å²) in [6.07, 6.45) is 1.66. The normalized spacial score (nSPS) is 11.3. The van der Waals surface area contributed by atoms with Crippen LogP contribution in [0.25, 0.3) is 32.1 Å². The molecule has 5 rings (SSSR count). The van der Waals surface area contributed by atoms with E-state index in [0.29, 0.717) is 17.0 Å². The van der Waals surface area contributed by atoms with Crippen molar-refractivity contribution in [2.75, 3.05) is 0 Å². The van der Waals surface area contributed by atoms with E-state index in [4.69, 9.17) is 5.73 Å². The molecule has 0 saturated heterocycles. The predicted octanol–water partition coefficient (Wildman–Crippen LogP) is 5.30. The first kappa shape index (κ1) is 20.2. The van der Waals surface area contributed by atoms with Crippen molar-refractivity contribution in [2.45, 2.75) is 13.1 Å². The molecule has 158 valence electrons. The number of rotatable bonds is 6. The molecule has 0 bridgehead atoms. The summed E-state index contributed by atoms with van der Waals surface area (Å²) in [6.45, 7) is 0.270. The van der Waals surface area contributed by atoms with Gasteiger partial charge in [-0.3, -0.25) is 9.59 Å². The lowest BCUT2D eigenvalue weighted by atomic mass is 10.00. The summed E-state index contributed by atoms with van der Waals surface area (Å²) in [6, 6.07) is 23.6. The van der Waals surface area contributed by atoms with Gasteiger partial charge in [0.1, 0.15) is 6.54 Å². The van der Waals surface area contributed by atoms with Crippen LogP contribution >= 0.6 is 11.3 Å². The standard InChI is InChI=1S/C26H20N2O3S/c27-13-16-5-7-17(8-6-16)18-9-10-22-20(11-18)21(14-28(22)15-25(29)30)26(31)24-12-19-3-1-2-4-23(19)32-24/h1-12,14H,13,15,27H2,(H,29,30). The maximum absolute atomic E-state index is 13.5. The first-order chi connectivity index (χ1) is 15.5. The van der Waals surface area contributed by atoms with Crippen LogP contribution in [0.3, 0.4) is 0 Å². The van der Waals surface area contributed by atoms with Gasteiger partial charge in [0.25, 0.3) is 0 Å². The van der Waals surface area contributed by atoms with Crippen molar-refractivity contribution in [3.63, 3.8) is 0 Å². The number of fused-ring (bicyclic) bond motifs is 2. The van der Waals surface area contributed by atoms with Crippen LogP contribution in [0.5, 0.6) is 0 Å². The Labute approximate surface area is 188 Å². The van der Waals surface area contributed by atoms with E-state index in [-0.39, 0.29) is 12.3 Å². The Morgan fingerprint density at radius 3 is 2.41 bits per heavy atom. The second kappa shape index (κ2) is 8.07. The largest absolute Gasteiger partial charge is 0.480 e. The first-order valence-electron chi connectivity index (χ1n) is 10.2. The molecule has 32 heavy (non-hydrogen) atoms. The highest BCUT2D eigenvalue weighted by molar-refractivity contribution is 7.21. The molecule has 2 aromatic heterocycles. The van der Waals surface area contributed by atoms with Crippen LogP contribution in [0.4, 0.5) is 0 Å². The minimum absolute atomic E-state index is 0.101. The molecule has 3 aromatic carbocycles. The average Bonchev–Trinajstić information content (AvgIpc) is 3.40. The van der Waals surface area contributed by atoms with Crippen molar-refractivity contribution in [2.24, 2.45) is 5.73 Å². The number of carboxylic acid groups (broad SMARTS) is 1. The van der Waals surface area contributed by atoms with E-state index in [2.05, 4.69) is 0 Å². The van der Waals surface area contributed by atoms with Crippen LogP contribution in [0.2, 0.25) is 0 Å². The van der Waals surface area contributed by atoms with E-state index >= 15 is 0 Å². The SMILES string of the molecule is NCc1ccc(-c2ccc3c(c2)c(C(=O)c2cc4ccccc4s2)cn3CC(=O)O)cc1. The number of carbonyl (C=O) groups is 2. The molecule has 0 aliphatic carbocycles. The lowest BCUT2D eigenvalue weighted by molar-refractivity contribution is -0.137. The molecule has 5 aromatic rings. The molecule has 0 unspecified atom stereocenters. The summed E-state index contributed by atoms with van der Waals surface area (Å²) in [5.74, 6) is -1.06. The van der Waals surface area contributed by atoms with Crippen molar-refractivity contribution in [3.05, 3.63) is 95.0 Å². The van der Waals surface area contributed by atoms with Crippen LogP contribution < -0.4 is 5.73 Å². The van der Waals surface area contributed by atoms with Crippen LogP contribution in [0, 0.1) is 0 Å². The van der Waals surface area contributed by atoms with E-state index in [1.54, 1.807) is 10.8 Å². The van der Waals surface area contributed by atoms with Gasteiger partial charge in [-0.25, -0.2) is 0 Å². The third-order valence-corrected chi connectivity index (χ3v) is 6.72. The van der Waals surface area contributed by atoms with Gasteiger partial charge < -0.3 is 15.4 Å². The van der Waals surface area contributed by atoms with Gasteiger partial charge >= 0.3 is 5.97 Å². The number of thiophene rings is 1. The third-order valence-electron chi connectivity index (χ3n) is 5.60. The quantitative estimate of drug-likeness (QED) is 0.351. The Bertz CT molecular complexity index is 1450. The fourth-order valence-electron chi connectivity index (χ4n) is 3.99. The number of aromatic nitrogens is 1. The summed E-state index contributed by atoms with van der Waals surface area (Å²) in [4.78, 5) is 25.5. The Kier molecular flexibility index (Phi) is 5.09. The Morgan fingerprint density at radius 1 is 0.938 bits per heavy atom. The monoisotopic (exact) mass is 440 g/mol. The number of nitrogens with two attached hydrogens (primary N) is 1. The van der Waals surface area contributed by atoms with Crippen molar-refractivity contribution >= 4 is 44.1 Å². The van der Waals surface area contributed by atoms with Gasteiger partial charge in [0.15, 0.2) is 0 Å². The van der Waals surface area contributed by atoms with E-state index in [1.807, 2.05) is 72.8 Å². The molecule has 5 nitrogen and oxygen atoms in total. The molecule has 0 saturated carbocycles. The predicted molar refractivity (Wildman–Crippen MR) is 128 cm³/mol. The second-order valence-corrected chi connectivity index (χ2v) is 8.76. The van der Waals surface area contributed by atoms with Crippen molar-refractivity contribution < 1.29 is 14.7 Å². The minimum atomic E-state index is -0.954. The van der Waals surface area contributed by atoms with E-state index in [9.17, 15) is 14.7 Å². The molecule has 0 spiro atoms. The van der Waals surface area contributed by atoms with E-state index in [0.717, 1.165) is 37.7 Å². The topological polar surface area (TPSA) is 85.3 Å². The van der Waals surface area contributed by atoms with E-state index in [1.165, 1.54) is 11.3 Å². The van der Waals surface area contributed by atoms with Crippen molar-refractivity contribution in [1.29, 1.82) is 0 Å². The fourth-order valence-corrected chi connectivity index (χ4v) is 5.01. The van der Waals surface area contributed by atoms with Gasteiger partial charge in [-0.15, -0.1) is 11.3 Å². The Morgan fingerprint density at radius 2 is 1.69 bits per heavy atom. The molecule has 0 atom stereocenters. The van der Waals surface area contributed by atoms with Crippen LogP contribution in [0.1, 0.15) is 20.8 Å². The van der Waals surface area contributed by atoms with Crippen molar-refractivity contribution in [1.82, 2.24) is 4.57 Å². The summed E-state index contributed by atoms with van der Waals surface area (Å²) < 4.78 is 2.67. The lowest BCUT2D eigenvalue weighted by Gasteiger charge is -2.06. The van der Waals surface area contributed by atoms with Gasteiger partial charge in [0.05, 0.1) is 4.88 Å². The fraction of sp³-hybridized carbons (Fsp3) is 0.0769. The molecule has 6 heteroatoms. The highest BCUT2D eigenvalue weighted by Crippen LogP contribution is 2.32. The number of hydrogen-bond acceptors (Lipinski definition) is 4. The van der Waals surface area contributed by atoms with Gasteiger partial charge in [-0.2, -0.15) is 0 Å². The molecule has 3 N–H and O–H groups in total. The summed E-state index contributed by atoms with van der Waals surface area (Å²) in [7, 11) is 0. The number of carboxylic acids is 1. The maximum atomic E-state index is 13.5. The van der Waals surface area contributed by atoms with Gasteiger partial charge in [-0.05, 0) is 46.3 Å². The molecule has 0 aliphatic rings. The Hall–Kier alpha value is -3.74. The molecule has 0 amide bonds. The van der Waals surface area contributed by atoms with Gasteiger partial charge in [0.2, 0.25) is 5.78 Å². The molecule has 0 aliphatic heterocycles. The molecular weight excluding hydrogens is 420 g/mol. The number of benzene rings is 3. The number of hydrogen-bond donors (Lipinski definition) is 2. The van der Waals surface area contributed by atoms with Crippen molar-refractivity contribution in [3.8, 4) is 11.1 Å². The zero-order chi connectivity index (χ0) is 22.2. The summed E-state index contributed by atoms with van der Waals surface area (Å²) >= 11 is 1.45. The minimum Gasteiger partial charge on any atom is -0.480 e. The number of nitrogens with zero attached hydrogens (tertiary/aromatic N) is 1. The van der Waals surface area contributed by atoms with E-state index < -0.39 is 5.97 Å². The van der Waals surface area contributed by atoms with Crippen LogP contribution in [0.15, 0.2) is 79.0 Å². The summed E-state index contributed by atoms with van der Waals surface area (Å²) in [5, 5.41) is 11.1. The third kappa shape index (κ3) is 3.60. The van der Waals surface area contributed by atoms with Gasteiger partial charge in [0, 0.05) is 33.9 Å². The second-order valence-electron chi connectivity index (χ2n) is 7.67. The number of aliphatic carboxylic acids is 1. The molecule has 2 heterocycles. The number of ketones is 1. The zero-order valence-corrected chi connectivity index (χ0v) is 17.9. The highest BCUT2D eigenvalue weighted by Gasteiger charge is 2.20. The van der Waals surface area contributed by atoms with Crippen LogP contribution in [-0.4, -0.2) is 21.4 Å². The smallest absolute Gasteiger partial charge is 0.323 e. The molecular formula is C26H20N2O3S.